The van der Waals surface area contributed by atoms with Gasteiger partial charge in [-0.3, -0.25) is 9.59 Å². The molecule has 0 aromatic heterocycles. The van der Waals surface area contributed by atoms with Gasteiger partial charge in [0.1, 0.15) is 6.10 Å². The van der Waals surface area contributed by atoms with Crippen LogP contribution in [0.25, 0.3) is 0 Å². The van der Waals surface area contributed by atoms with E-state index in [9.17, 15) is 14.4 Å². The molecule has 0 aliphatic carbocycles. The number of ether oxygens (including phenoxy) is 1. The lowest BCUT2D eigenvalue weighted by molar-refractivity contribution is -0.155. The van der Waals surface area contributed by atoms with Crippen LogP contribution in [0, 0.1) is 0 Å². The topological polar surface area (TPSA) is 95.9 Å². The SMILES string of the molecule is O=C1CN(C(=O)[C@@H]2CC[C@H](C(=O)O)O2)CCCN1. The van der Waals surface area contributed by atoms with Crippen LogP contribution in [0.1, 0.15) is 19.3 Å². The van der Waals surface area contributed by atoms with Crippen LogP contribution < -0.4 is 5.32 Å². The molecule has 2 atom stereocenters. The molecule has 7 heteroatoms. The van der Waals surface area contributed by atoms with Gasteiger partial charge in [0.2, 0.25) is 5.91 Å². The third kappa shape index (κ3) is 2.79. The molecule has 0 aromatic rings. The Morgan fingerprint density at radius 1 is 1.33 bits per heavy atom. The molecular weight excluding hydrogens is 240 g/mol. The van der Waals surface area contributed by atoms with Crippen LogP contribution >= 0.6 is 0 Å². The third-order valence-electron chi connectivity index (χ3n) is 3.14. The van der Waals surface area contributed by atoms with E-state index in [1.54, 1.807) is 0 Å². The van der Waals surface area contributed by atoms with Crippen LogP contribution in [-0.2, 0) is 19.1 Å². The summed E-state index contributed by atoms with van der Waals surface area (Å²) in [5.41, 5.74) is 0. The summed E-state index contributed by atoms with van der Waals surface area (Å²) in [6, 6.07) is 0. The fourth-order valence-electron chi connectivity index (χ4n) is 2.20. The molecule has 0 radical (unpaired) electrons. The van der Waals surface area contributed by atoms with Crippen molar-refractivity contribution in [3.63, 3.8) is 0 Å². The minimum absolute atomic E-state index is 0.0242. The Morgan fingerprint density at radius 2 is 2.06 bits per heavy atom. The summed E-state index contributed by atoms with van der Waals surface area (Å²) in [4.78, 5) is 35.6. The molecule has 0 saturated carbocycles. The molecule has 2 heterocycles. The smallest absolute Gasteiger partial charge is 0.332 e. The zero-order valence-electron chi connectivity index (χ0n) is 9.92. The maximum atomic E-state index is 12.1. The van der Waals surface area contributed by atoms with E-state index < -0.39 is 18.2 Å². The molecule has 7 nitrogen and oxygen atoms in total. The van der Waals surface area contributed by atoms with Gasteiger partial charge >= 0.3 is 5.97 Å². The van der Waals surface area contributed by atoms with Crippen molar-refractivity contribution in [1.29, 1.82) is 0 Å². The van der Waals surface area contributed by atoms with Gasteiger partial charge in [-0.25, -0.2) is 4.79 Å². The van der Waals surface area contributed by atoms with Crippen molar-refractivity contribution in [3.8, 4) is 0 Å². The second-order valence-electron chi connectivity index (χ2n) is 4.49. The first kappa shape index (κ1) is 12.8. The first-order chi connectivity index (χ1) is 8.58. The second kappa shape index (κ2) is 5.34. The van der Waals surface area contributed by atoms with Gasteiger partial charge in [0.05, 0.1) is 6.54 Å². The average Bonchev–Trinajstić information content (AvgIpc) is 2.72. The summed E-state index contributed by atoms with van der Waals surface area (Å²) < 4.78 is 5.19. The fraction of sp³-hybridized carbons (Fsp3) is 0.727. The van der Waals surface area contributed by atoms with Crippen molar-refractivity contribution in [1.82, 2.24) is 10.2 Å². The van der Waals surface area contributed by atoms with Crippen molar-refractivity contribution >= 4 is 17.8 Å². The molecule has 0 spiro atoms. The number of rotatable bonds is 2. The Kier molecular flexibility index (Phi) is 3.81. The maximum absolute atomic E-state index is 12.1. The third-order valence-corrected chi connectivity index (χ3v) is 3.14. The standard InChI is InChI=1S/C11H16N2O5/c14-9-6-13(5-1-4-12-9)10(15)7-2-3-8(18-7)11(16)17/h7-8H,1-6H2,(H,12,14)(H,16,17)/t7-,8+/m0/s1. The highest BCUT2D eigenvalue weighted by Crippen LogP contribution is 2.21. The number of nitrogens with zero attached hydrogens (tertiary/aromatic N) is 1. The number of aliphatic carboxylic acids is 1. The van der Waals surface area contributed by atoms with Crippen molar-refractivity contribution in [2.45, 2.75) is 31.5 Å². The summed E-state index contributed by atoms with van der Waals surface area (Å²) in [6.45, 7) is 1.08. The van der Waals surface area contributed by atoms with Gasteiger partial charge in [-0.1, -0.05) is 0 Å². The lowest BCUT2D eigenvalue weighted by Gasteiger charge is -2.22. The van der Waals surface area contributed by atoms with Gasteiger partial charge in [0, 0.05) is 13.1 Å². The zero-order chi connectivity index (χ0) is 13.1. The highest BCUT2D eigenvalue weighted by Gasteiger charge is 2.37. The molecule has 18 heavy (non-hydrogen) atoms. The van der Waals surface area contributed by atoms with Crippen LogP contribution in [-0.4, -0.2) is 59.6 Å². The summed E-state index contributed by atoms with van der Waals surface area (Å²) in [5.74, 6) is -1.51. The van der Waals surface area contributed by atoms with Crippen LogP contribution in [0.5, 0.6) is 0 Å². The van der Waals surface area contributed by atoms with E-state index >= 15 is 0 Å². The molecule has 100 valence electrons. The van der Waals surface area contributed by atoms with Gasteiger partial charge in [0.25, 0.3) is 5.91 Å². The number of nitrogens with one attached hydrogen (secondary N) is 1. The molecule has 0 bridgehead atoms. The molecule has 2 saturated heterocycles. The Balaban J connectivity index is 1.94. The van der Waals surface area contributed by atoms with Gasteiger partial charge in [-0.05, 0) is 19.3 Å². The van der Waals surface area contributed by atoms with E-state index in [0.717, 1.165) is 0 Å². The molecule has 2 N–H and O–H groups in total. The van der Waals surface area contributed by atoms with Gasteiger partial charge < -0.3 is 20.1 Å². The normalized spacial score (nSPS) is 28.7. The lowest BCUT2D eigenvalue weighted by atomic mass is 10.2. The van der Waals surface area contributed by atoms with Crippen molar-refractivity contribution in [2.75, 3.05) is 19.6 Å². The monoisotopic (exact) mass is 256 g/mol. The number of hydrogen-bond acceptors (Lipinski definition) is 4. The van der Waals surface area contributed by atoms with E-state index in [1.807, 2.05) is 0 Å². The maximum Gasteiger partial charge on any atom is 0.332 e. The second-order valence-corrected chi connectivity index (χ2v) is 4.49. The lowest BCUT2D eigenvalue weighted by Crippen LogP contribution is -2.43. The van der Waals surface area contributed by atoms with E-state index in [2.05, 4.69) is 5.32 Å². The number of amides is 2. The van der Waals surface area contributed by atoms with Gasteiger partial charge in [0.15, 0.2) is 6.10 Å². The summed E-state index contributed by atoms with van der Waals surface area (Å²) in [7, 11) is 0. The molecule has 2 rings (SSSR count). The number of carboxylic acids is 1. The average molecular weight is 256 g/mol. The van der Waals surface area contributed by atoms with Crippen molar-refractivity contribution in [2.24, 2.45) is 0 Å². The molecule has 0 aromatic carbocycles. The minimum atomic E-state index is -1.04. The van der Waals surface area contributed by atoms with Crippen LogP contribution in [0.2, 0.25) is 0 Å². The Bertz CT molecular complexity index is 370. The molecule has 2 fully saturated rings. The Morgan fingerprint density at radius 3 is 2.72 bits per heavy atom. The number of hydrogen-bond donors (Lipinski definition) is 2. The van der Waals surface area contributed by atoms with Crippen molar-refractivity contribution < 1.29 is 24.2 Å². The molecule has 2 aliphatic heterocycles. The number of carbonyl (C=O) groups excluding carboxylic acids is 2. The molecular formula is C11H16N2O5. The van der Waals surface area contributed by atoms with Crippen molar-refractivity contribution in [3.05, 3.63) is 0 Å². The molecule has 2 amide bonds. The van der Waals surface area contributed by atoms with Gasteiger partial charge in [-0.2, -0.15) is 0 Å². The summed E-state index contributed by atoms with van der Waals surface area (Å²) in [6.07, 6.45) is -0.191. The van der Waals surface area contributed by atoms with E-state index in [4.69, 9.17) is 9.84 Å². The van der Waals surface area contributed by atoms with E-state index in [-0.39, 0.29) is 18.4 Å². The van der Waals surface area contributed by atoms with Crippen LogP contribution in [0.15, 0.2) is 0 Å². The number of carbonyl (C=O) groups is 3. The largest absolute Gasteiger partial charge is 0.479 e. The fourth-order valence-corrected chi connectivity index (χ4v) is 2.20. The highest BCUT2D eigenvalue weighted by molar-refractivity contribution is 5.88. The highest BCUT2D eigenvalue weighted by atomic mass is 16.5. The first-order valence-electron chi connectivity index (χ1n) is 6.01. The molecule has 2 aliphatic rings. The summed E-state index contributed by atoms with van der Waals surface area (Å²) in [5, 5.41) is 11.5. The van der Waals surface area contributed by atoms with Crippen LogP contribution in [0.3, 0.4) is 0 Å². The van der Waals surface area contributed by atoms with E-state index in [0.29, 0.717) is 32.4 Å². The first-order valence-corrected chi connectivity index (χ1v) is 6.01. The van der Waals surface area contributed by atoms with Crippen LogP contribution in [0.4, 0.5) is 0 Å². The quantitative estimate of drug-likeness (QED) is 0.658. The minimum Gasteiger partial charge on any atom is -0.479 e. The predicted molar refractivity (Wildman–Crippen MR) is 59.7 cm³/mol. The van der Waals surface area contributed by atoms with Gasteiger partial charge in [-0.15, -0.1) is 0 Å². The Labute approximate surface area is 104 Å². The summed E-state index contributed by atoms with van der Waals surface area (Å²) >= 11 is 0. The zero-order valence-corrected chi connectivity index (χ0v) is 9.92. The predicted octanol–water partition coefficient (Wildman–Crippen LogP) is -1.03. The molecule has 0 unspecified atom stereocenters. The van der Waals surface area contributed by atoms with E-state index in [1.165, 1.54) is 4.90 Å². The Hall–Kier alpha value is -1.63. The number of carboxylic acid groups (broad SMARTS) is 1.